The van der Waals surface area contributed by atoms with Crippen molar-refractivity contribution in [2.45, 2.75) is 0 Å². The average Bonchev–Trinajstić information content (AvgIpc) is 2.27. The lowest BCUT2D eigenvalue weighted by molar-refractivity contribution is 0.148. The SMILES string of the molecule is CN(C)CCOCS(=O)(=O)NCCOCCS(C)(=O)=O. The van der Waals surface area contributed by atoms with Crippen LogP contribution >= 0.6 is 0 Å². The molecule has 0 fully saturated rings. The standard InChI is InChI=1S/C10H24N2O6S2/c1-12(2)5-7-18-10-20(15,16)11-4-6-17-8-9-19(3,13)14/h11H,4-10H2,1-3H3. The second-order valence-electron chi connectivity index (χ2n) is 4.58. The van der Waals surface area contributed by atoms with E-state index in [9.17, 15) is 16.8 Å². The van der Waals surface area contributed by atoms with Crippen LogP contribution in [0.5, 0.6) is 0 Å². The van der Waals surface area contributed by atoms with E-state index in [0.29, 0.717) is 13.2 Å². The van der Waals surface area contributed by atoms with Crippen LogP contribution in [0.3, 0.4) is 0 Å². The van der Waals surface area contributed by atoms with Gasteiger partial charge in [0.05, 0.1) is 25.6 Å². The molecule has 0 rings (SSSR count). The second-order valence-corrected chi connectivity index (χ2v) is 8.59. The van der Waals surface area contributed by atoms with Gasteiger partial charge in [-0.1, -0.05) is 0 Å². The van der Waals surface area contributed by atoms with Crippen molar-refractivity contribution in [3.63, 3.8) is 0 Å². The highest BCUT2D eigenvalue weighted by atomic mass is 32.2. The van der Waals surface area contributed by atoms with Crippen LogP contribution < -0.4 is 4.72 Å². The normalized spacial score (nSPS) is 13.0. The van der Waals surface area contributed by atoms with Crippen molar-refractivity contribution in [2.75, 3.05) is 65.0 Å². The third-order valence-corrected chi connectivity index (χ3v) is 4.12. The molecule has 0 aliphatic rings. The van der Waals surface area contributed by atoms with Crippen molar-refractivity contribution in [1.82, 2.24) is 9.62 Å². The summed E-state index contributed by atoms with van der Waals surface area (Å²) >= 11 is 0. The van der Waals surface area contributed by atoms with Gasteiger partial charge in [0.2, 0.25) is 10.0 Å². The van der Waals surface area contributed by atoms with Crippen LogP contribution in [0.1, 0.15) is 0 Å². The van der Waals surface area contributed by atoms with Crippen molar-refractivity contribution in [3.05, 3.63) is 0 Å². The van der Waals surface area contributed by atoms with Crippen molar-refractivity contribution in [3.8, 4) is 0 Å². The predicted octanol–water partition coefficient (Wildman–Crippen LogP) is -1.50. The van der Waals surface area contributed by atoms with E-state index in [4.69, 9.17) is 9.47 Å². The Kier molecular flexibility index (Phi) is 9.51. The molecule has 0 saturated heterocycles. The van der Waals surface area contributed by atoms with Crippen molar-refractivity contribution >= 4 is 19.9 Å². The first kappa shape index (κ1) is 19.7. The Morgan fingerprint density at radius 3 is 2.20 bits per heavy atom. The minimum atomic E-state index is -3.48. The molecule has 0 aromatic heterocycles. The fourth-order valence-electron chi connectivity index (χ4n) is 1.04. The first-order valence-electron chi connectivity index (χ1n) is 6.08. The summed E-state index contributed by atoms with van der Waals surface area (Å²) in [5.74, 6) is -0.475. The van der Waals surface area contributed by atoms with Gasteiger partial charge in [-0.25, -0.2) is 21.6 Å². The molecule has 10 heteroatoms. The lowest BCUT2D eigenvalue weighted by Gasteiger charge is -2.11. The number of sulfone groups is 1. The minimum absolute atomic E-state index is 0.0555. The maximum Gasteiger partial charge on any atom is 0.235 e. The maximum atomic E-state index is 11.5. The Bertz CT molecular complexity index is 446. The second kappa shape index (κ2) is 9.64. The number of hydrogen-bond donors (Lipinski definition) is 1. The lowest BCUT2D eigenvalue weighted by Crippen LogP contribution is -2.31. The smallest absolute Gasteiger partial charge is 0.235 e. The third kappa shape index (κ3) is 14.2. The zero-order chi connectivity index (χ0) is 15.6. The number of hydrogen-bond acceptors (Lipinski definition) is 7. The highest BCUT2D eigenvalue weighted by Crippen LogP contribution is 1.88. The van der Waals surface area contributed by atoms with E-state index in [1.54, 1.807) is 0 Å². The van der Waals surface area contributed by atoms with Gasteiger partial charge in [0.1, 0.15) is 9.84 Å². The van der Waals surface area contributed by atoms with E-state index >= 15 is 0 Å². The molecule has 122 valence electrons. The van der Waals surface area contributed by atoms with Crippen LogP contribution in [-0.2, 0) is 29.3 Å². The zero-order valence-corrected chi connectivity index (χ0v) is 13.8. The monoisotopic (exact) mass is 332 g/mol. The summed E-state index contributed by atoms with van der Waals surface area (Å²) < 4.78 is 56.9. The first-order chi connectivity index (χ1) is 9.12. The molecule has 0 heterocycles. The Morgan fingerprint density at radius 2 is 1.65 bits per heavy atom. The van der Waals surface area contributed by atoms with Crippen LogP contribution in [0.2, 0.25) is 0 Å². The van der Waals surface area contributed by atoms with Gasteiger partial charge in [-0.15, -0.1) is 0 Å². The number of likely N-dealkylation sites (N-methyl/N-ethyl adjacent to an activating group) is 1. The Labute approximate surface area is 121 Å². The Balaban J connectivity index is 3.62. The van der Waals surface area contributed by atoms with E-state index < -0.39 is 25.8 Å². The van der Waals surface area contributed by atoms with E-state index in [1.807, 2.05) is 19.0 Å². The van der Waals surface area contributed by atoms with Crippen LogP contribution in [0.25, 0.3) is 0 Å². The quantitative estimate of drug-likeness (QED) is 0.434. The molecular weight excluding hydrogens is 308 g/mol. The molecule has 0 atom stereocenters. The van der Waals surface area contributed by atoms with Crippen molar-refractivity contribution < 1.29 is 26.3 Å². The summed E-state index contributed by atoms with van der Waals surface area (Å²) in [5.41, 5.74) is 0. The minimum Gasteiger partial charge on any atom is -0.379 e. The zero-order valence-electron chi connectivity index (χ0n) is 12.2. The van der Waals surface area contributed by atoms with E-state index in [2.05, 4.69) is 4.72 Å². The molecule has 0 aliphatic heterocycles. The molecule has 0 bridgehead atoms. The van der Waals surface area contributed by atoms with E-state index in [0.717, 1.165) is 6.26 Å². The Morgan fingerprint density at radius 1 is 1.00 bits per heavy atom. The van der Waals surface area contributed by atoms with Gasteiger partial charge in [-0.3, -0.25) is 0 Å². The maximum absolute atomic E-state index is 11.5. The topological polar surface area (TPSA) is 102 Å². The molecule has 0 aromatic rings. The number of sulfonamides is 1. The lowest BCUT2D eigenvalue weighted by atomic mass is 10.6. The van der Waals surface area contributed by atoms with Gasteiger partial charge < -0.3 is 14.4 Å². The summed E-state index contributed by atoms with van der Waals surface area (Å²) in [4.78, 5) is 1.88. The molecule has 0 spiro atoms. The van der Waals surface area contributed by atoms with Gasteiger partial charge >= 0.3 is 0 Å². The Hall–Kier alpha value is -0.260. The third-order valence-electron chi connectivity index (χ3n) is 2.09. The van der Waals surface area contributed by atoms with Gasteiger partial charge in [0.25, 0.3) is 0 Å². The fraction of sp³-hybridized carbons (Fsp3) is 1.00. The van der Waals surface area contributed by atoms with Gasteiger partial charge in [0, 0.05) is 19.3 Å². The summed E-state index contributed by atoms with van der Waals surface area (Å²) in [6.45, 7) is 1.23. The van der Waals surface area contributed by atoms with Gasteiger partial charge in [-0.05, 0) is 14.1 Å². The van der Waals surface area contributed by atoms with Crippen LogP contribution in [0.4, 0.5) is 0 Å². The highest BCUT2D eigenvalue weighted by molar-refractivity contribution is 7.90. The van der Waals surface area contributed by atoms with Crippen LogP contribution in [-0.4, -0.2) is 86.7 Å². The first-order valence-corrected chi connectivity index (χ1v) is 9.79. The average molecular weight is 332 g/mol. The molecular formula is C10H24N2O6S2. The molecule has 20 heavy (non-hydrogen) atoms. The number of ether oxygens (including phenoxy) is 2. The van der Waals surface area contributed by atoms with E-state index in [-0.39, 0.29) is 25.5 Å². The van der Waals surface area contributed by atoms with Crippen LogP contribution in [0.15, 0.2) is 0 Å². The van der Waals surface area contributed by atoms with Crippen molar-refractivity contribution in [1.29, 1.82) is 0 Å². The molecule has 0 aliphatic carbocycles. The largest absolute Gasteiger partial charge is 0.379 e. The van der Waals surface area contributed by atoms with Crippen molar-refractivity contribution in [2.24, 2.45) is 0 Å². The number of rotatable bonds is 12. The highest BCUT2D eigenvalue weighted by Gasteiger charge is 2.09. The summed E-state index contributed by atoms with van der Waals surface area (Å²) in [5, 5.41) is 0. The van der Waals surface area contributed by atoms with E-state index in [1.165, 1.54) is 0 Å². The summed E-state index contributed by atoms with van der Waals surface area (Å²) in [6, 6.07) is 0. The molecule has 1 N–H and O–H groups in total. The number of nitrogens with one attached hydrogen (secondary N) is 1. The summed E-state index contributed by atoms with van der Waals surface area (Å²) in [6.07, 6.45) is 1.12. The molecule has 0 saturated carbocycles. The van der Waals surface area contributed by atoms with Gasteiger partial charge in [0.15, 0.2) is 5.94 Å². The molecule has 0 unspecified atom stereocenters. The van der Waals surface area contributed by atoms with Crippen LogP contribution in [0, 0.1) is 0 Å². The molecule has 8 nitrogen and oxygen atoms in total. The van der Waals surface area contributed by atoms with Gasteiger partial charge in [-0.2, -0.15) is 0 Å². The molecule has 0 amide bonds. The fourth-order valence-corrected chi connectivity index (χ4v) is 2.27. The predicted molar refractivity (Wildman–Crippen MR) is 76.8 cm³/mol. The summed E-state index contributed by atoms with van der Waals surface area (Å²) in [7, 11) is -2.80. The molecule has 0 radical (unpaired) electrons. The molecule has 0 aromatic carbocycles. The number of nitrogens with zero attached hydrogens (tertiary/aromatic N) is 1.